The zero-order valence-corrected chi connectivity index (χ0v) is 18.8. The summed E-state index contributed by atoms with van der Waals surface area (Å²) in [5.74, 6) is 0.731. The molecule has 3 unspecified atom stereocenters. The number of ether oxygens (including phenoxy) is 1. The zero-order valence-electron chi connectivity index (χ0n) is 18.8. The van der Waals surface area contributed by atoms with E-state index in [9.17, 15) is 18.0 Å². The van der Waals surface area contributed by atoms with Gasteiger partial charge in [-0.05, 0) is 37.0 Å². The maximum Gasteiger partial charge on any atom is 0.416 e. The van der Waals surface area contributed by atoms with Gasteiger partial charge < -0.3 is 19.1 Å². The second-order valence-electron chi connectivity index (χ2n) is 8.79. The first-order valence-electron chi connectivity index (χ1n) is 11.3. The minimum absolute atomic E-state index is 0.0112. The average Bonchev–Trinajstić information content (AvgIpc) is 3.32. The third-order valence-electron chi connectivity index (χ3n) is 6.56. The highest BCUT2D eigenvalue weighted by atomic mass is 19.4. The zero-order chi connectivity index (χ0) is 23.6. The monoisotopic (exact) mass is 466 g/mol. The van der Waals surface area contributed by atoms with Crippen molar-refractivity contribution in [2.45, 2.75) is 56.7 Å². The van der Waals surface area contributed by atoms with Crippen LogP contribution in [0.4, 0.5) is 18.0 Å². The molecule has 3 heterocycles. The van der Waals surface area contributed by atoms with E-state index >= 15 is 0 Å². The van der Waals surface area contributed by atoms with Gasteiger partial charge in [-0.2, -0.15) is 18.2 Å². The minimum atomic E-state index is -4.39. The molecular formula is C23H29F3N4O3. The first kappa shape index (κ1) is 23.5. The lowest BCUT2D eigenvalue weighted by Gasteiger charge is -2.41. The summed E-state index contributed by atoms with van der Waals surface area (Å²) in [6.45, 7) is 3.96. The SMILES string of the molecule is CCc1noc(C2CC(c3ccc(C(F)(F)F)cc3)CN(C(=O)N3CCCC(OC)C3)C2)n1. The van der Waals surface area contributed by atoms with Crippen LogP contribution >= 0.6 is 0 Å². The van der Waals surface area contributed by atoms with E-state index in [4.69, 9.17) is 9.26 Å². The standard InChI is InChI=1S/C23H29F3N4O3/c1-3-20-27-21(33-28-20)17-11-16(15-6-8-18(9-7-15)23(24,25)26)12-30(13-17)22(31)29-10-4-5-19(14-29)32-2/h6-9,16-17,19H,3-5,10-14H2,1-2H3. The third-order valence-corrected chi connectivity index (χ3v) is 6.56. The Bertz CT molecular complexity index is 947. The fourth-order valence-electron chi connectivity index (χ4n) is 4.70. The molecule has 3 atom stereocenters. The molecule has 2 aliphatic heterocycles. The number of hydrogen-bond acceptors (Lipinski definition) is 5. The van der Waals surface area contributed by atoms with Gasteiger partial charge in [0.2, 0.25) is 5.89 Å². The third kappa shape index (κ3) is 5.31. The largest absolute Gasteiger partial charge is 0.416 e. The van der Waals surface area contributed by atoms with Gasteiger partial charge in [0.05, 0.1) is 17.6 Å². The summed E-state index contributed by atoms with van der Waals surface area (Å²) in [7, 11) is 1.65. The maximum absolute atomic E-state index is 13.4. The predicted molar refractivity (Wildman–Crippen MR) is 114 cm³/mol. The van der Waals surface area contributed by atoms with E-state index in [1.165, 1.54) is 12.1 Å². The molecule has 2 aromatic rings. The van der Waals surface area contributed by atoms with E-state index in [2.05, 4.69) is 10.1 Å². The summed E-state index contributed by atoms with van der Waals surface area (Å²) in [4.78, 5) is 21.4. The summed E-state index contributed by atoms with van der Waals surface area (Å²) >= 11 is 0. The number of likely N-dealkylation sites (tertiary alicyclic amines) is 2. The number of amides is 2. The van der Waals surface area contributed by atoms with Crippen molar-refractivity contribution in [2.75, 3.05) is 33.3 Å². The number of piperidine rings is 2. The van der Waals surface area contributed by atoms with Crippen LogP contribution in [0, 0.1) is 0 Å². The number of urea groups is 1. The lowest BCUT2D eigenvalue weighted by atomic mass is 9.84. The quantitative estimate of drug-likeness (QED) is 0.666. The molecule has 2 aliphatic rings. The fraction of sp³-hybridized carbons (Fsp3) is 0.609. The van der Waals surface area contributed by atoms with Crippen molar-refractivity contribution < 1.29 is 27.2 Å². The summed E-state index contributed by atoms with van der Waals surface area (Å²) in [5.41, 5.74) is 0.0732. The normalized spacial score (nSPS) is 24.2. The number of alkyl halides is 3. The van der Waals surface area contributed by atoms with E-state index in [1.54, 1.807) is 16.9 Å². The van der Waals surface area contributed by atoms with E-state index < -0.39 is 11.7 Å². The summed E-state index contributed by atoms with van der Waals surface area (Å²) in [5, 5.41) is 3.99. The lowest BCUT2D eigenvalue weighted by Crippen LogP contribution is -2.52. The molecule has 7 nitrogen and oxygen atoms in total. The number of carbonyl (C=O) groups excluding carboxylic acids is 1. The molecule has 180 valence electrons. The molecule has 2 fully saturated rings. The van der Waals surface area contributed by atoms with Crippen molar-refractivity contribution in [1.29, 1.82) is 0 Å². The number of carbonyl (C=O) groups is 1. The predicted octanol–water partition coefficient (Wildman–Crippen LogP) is 4.45. The molecule has 0 bridgehead atoms. The molecule has 0 aliphatic carbocycles. The van der Waals surface area contributed by atoms with Gasteiger partial charge in [0.25, 0.3) is 0 Å². The van der Waals surface area contributed by atoms with Gasteiger partial charge in [0.15, 0.2) is 5.82 Å². The van der Waals surface area contributed by atoms with E-state index in [1.807, 2.05) is 6.92 Å². The highest BCUT2D eigenvalue weighted by Crippen LogP contribution is 2.37. The Morgan fingerprint density at radius 1 is 1.15 bits per heavy atom. The molecule has 0 radical (unpaired) electrons. The molecule has 1 aromatic carbocycles. The molecule has 1 aromatic heterocycles. The molecule has 0 N–H and O–H groups in total. The van der Waals surface area contributed by atoms with Gasteiger partial charge in [0.1, 0.15) is 0 Å². The molecule has 2 saturated heterocycles. The first-order valence-corrected chi connectivity index (χ1v) is 11.3. The first-order chi connectivity index (χ1) is 15.8. The van der Waals surface area contributed by atoms with Crippen LogP contribution in [0.2, 0.25) is 0 Å². The van der Waals surface area contributed by atoms with Gasteiger partial charge >= 0.3 is 12.2 Å². The van der Waals surface area contributed by atoms with Crippen LogP contribution in [0.25, 0.3) is 0 Å². The van der Waals surface area contributed by atoms with Crippen LogP contribution in [0.5, 0.6) is 0 Å². The van der Waals surface area contributed by atoms with E-state index in [0.717, 1.165) is 30.5 Å². The topological polar surface area (TPSA) is 71.7 Å². The van der Waals surface area contributed by atoms with Gasteiger partial charge in [-0.25, -0.2) is 4.79 Å². The number of methoxy groups -OCH3 is 1. The van der Waals surface area contributed by atoms with Crippen LogP contribution in [0.1, 0.15) is 60.9 Å². The molecule has 33 heavy (non-hydrogen) atoms. The molecule has 0 spiro atoms. The van der Waals surface area contributed by atoms with Gasteiger partial charge in [0, 0.05) is 45.6 Å². The number of halogens is 3. The van der Waals surface area contributed by atoms with Crippen LogP contribution < -0.4 is 0 Å². The van der Waals surface area contributed by atoms with Crippen LogP contribution in [0.15, 0.2) is 28.8 Å². The summed E-state index contributed by atoms with van der Waals surface area (Å²) in [6.07, 6.45) is -1.35. The van der Waals surface area contributed by atoms with Crippen molar-refractivity contribution in [3.63, 3.8) is 0 Å². The molecule has 4 rings (SSSR count). The maximum atomic E-state index is 13.4. The molecule has 10 heteroatoms. The fourth-order valence-corrected chi connectivity index (χ4v) is 4.70. The van der Waals surface area contributed by atoms with E-state index in [0.29, 0.717) is 50.7 Å². The second-order valence-corrected chi connectivity index (χ2v) is 8.79. The number of nitrogens with zero attached hydrogens (tertiary/aromatic N) is 4. The van der Waals surface area contributed by atoms with Crippen LogP contribution in [0.3, 0.4) is 0 Å². The summed E-state index contributed by atoms with van der Waals surface area (Å²) in [6, 6.07) is 5.12. The minimum Gasteiger partial charge on any atom is -0.380 e. The smallest absolute Gasteiger partial charge is 0.380 e. The lowest BCUT2D eigenvalue weighted by molar-refractivity contribution is -0.137. The Kier molecular flexibility index (Phi) is 6.92. The van der Waals surface area contributed by atoms with Gasteiger partial charge in [-0.3, -0.25) is 0 Å². The number of aryl methyl sites for hydroxylation is 1. The Balaban J connectivity index is 1.57. The highest BCUT2D eigenvalue weighted by molar-refractivity contribution is 5.75. The number of benzene rings is 1. The van der Waals surface area contributed by atoms with Crippen molar-refractivity contribution in [2.24, 2.45) is 0 Å². The van der Waals surface area contributed by atoms with Gasteiger partial charge in [-0.15, -0.1) is 0 Å². The number of hydrogen-bond donors (Lipinski definition) is 0. The van der Waals surface area contributed by atoms with Gasteiger partial charge in [-0.1, -0.05) is 24.2 Å². The molecule has 0 saturated carbocycles. The van der Waals surface area contributed by atoms with Crippen molar-refractivity contribution in [1.82, 2.24) is 19.9 Å². The molecular weight excluding hydrogens is 437 g/mol. The Morgan fingerprint density at radius 2 is 1.88 bits per heavy atom. The highest BCUT2D eigenvalue weighted by Gasteiger charge is 2.37. The van der Waals surface area contributed by atoms with Crippen molar-refractivity contribution in [3.8, 4) is 0 Å². The number of rotatable bonds is 4. The summed E-state index contributed by atoms with van der Waals surface area (Å²) < 4.78 is 50.0. The van der Waals surface area contributed by atoms with E-state index in [-0.39, 0.29) is 24.0 Å². The molecule has 2 amide bonds. The van der Waals surface area contributed by atoms with Crippen LogP contribution in [-0.4, -0.2) is 65.4 Å². The second kappa shape index (κ2) is 9.70. The number of aromatic nitrogens is 2. The Hall–Kier alpha value is -2.62. The average molecular weight is 467 g/mol. The van der Waals surface area contributed by atoms with Crippen molar-refractivity contribution in [3.05, 3.63) is 47.1 Å². The Morgan fingerprint density at radius 3 is 2.52 bits per heavy atom. The Labute approximate surface area is 190 Å². The van der Waals surface area contributed by atoms with Crippen LogP contribution in [-0.2, 0) is 17.3 Å². The van der Waals surface area contributed by atoms with Crippen molar-refractivity contribution >= 4 is 6.03 Å².